The molecule has 32 heavy (non-hydrogen) atoms. The molecule has 3 rings (SSSR count). The van der Waals surface area contributed by atoms with Crippen molar-refractivity contribution in [3.63, 3.8) is 0 Å². The van der Waals surface area contributed by atoms with E-state index in [1.165, 1.54) is 16.0 Å². The second kappa shape index (κ2) is 12.4. The van der Waals surface area contributed by atoms with Crippen LogP contribution in [0.5, 0.6) is 0 Å². The van der Waals surface area contributed by atoms with Crippen molar-refractivity contribution < 1.29 is 17.9 Å². The van der Waals surface area contributed by atoms with E-state index in [1.54, 1.807) is 7.05 Å². The molecule has 0 saturated carbocycles. The summed E-state index contributed by atoms with van der Waals surface area (Å²) >= 11 is 0. The van der Waals surface area contributed by atoms with E-state index in [0.717, 1.165) is 19.6 Å². The van der Waals surface area contributed by atoms with Gasteiger partial charge in [-0.2, -0.15) is 13.2 Å². The molecule has 2 aliphatic heterocycles. The highest BCUT2D eigenvalue weighted by Gasteiger charge is 2.34. The lowest BCUT2D eigenvalue weighted by atomic mass is 10.1. The van der Waals surface area contributed by atoms with Crippen molar-refractivity contribution >= 4 is 29.9 Å². The van der Waals surface area contributed by atoms with Gasteiger partial charge in [-0.05, 0) is 31.4 Å². The summed E-state index contributed by atoms with van der Waals surface area (Å²) in [7, 11) is 1.68. The van der Waals surface area contributed by atoms with Crippen molar-refractivity contribution in [1.82, 2.24) is 20.4 Å². The molecule has 6 nitrogen and oxygen atoms in total. The van der Waals surface area contributed by atoms with Crippen molar-refractivity contribution in [3.8, 4) is 0 Å². The first-order chi connectivity index (χ1) is 14.7. The zero-order valence-corrected chi connectivity index (χ0v) is 21.3. The van der Waals surface area contributed by atoms with Crippen LogP contribution in [0.2, 0.25) is 0 Å². The van der Waals surface area contributed by atoms with Gasteiger partial charge in [-0.25, -0.2) is 0 Å². The van der Waals surface area contributed by atoms with Crippen LogP contribution in [0.25, 0.3) is 0 Å². The molecule has 3 unspecified atom stereocenters. The Morgan fingerprint density at radius 3 is 2.38 bits per heavy atom. The van der Waals surface area contributed by atoms with Crippen LogP contribution in [0.1, 0.15) is 31.4 Å². The number of rotatable bonds is 6. The number of likely N-dealkylation sites (tertiary alicyclic amines) is 1. The number of nitrogens with zero attached hydrogens (tertiary/aromatic N) is 3. The third-order valence-electron chi connectivity index (χ3n) is 5.69. The third kappa shape index (κ3) is 8.68. The number of alkyl halides is 3. The molecule has 1 aromatic carbocycles. The summed E-state index contributed by atoms with van der Waals surface area (Å²) in [5.74, 6) is 0.613. The van der Waals surface area contributed by atoms with Gasteiger partial charge in [-0.15, -0.1) is 24.0 Å². The Hall–Kier alpha value is -1.11. The molecule has 0 spiro atoms. The van der Waals surface area contributed by atoms with Gasteiger partial charge in [0.05, 0.1) is 18.8 Å². The fraction of sp³-hybridized carbons (Fsp3) is 0.682. The highest BCUT2D eigenvalue weighted by molar-refractivity contribution is 14.0. The summed E-state index contributed by atoms with van der Waals surface area (Å²) in [6, 6.07) is 8.27. The standard InChI is InChI=1S/C22H34F3N5O.HI/c1-16-11-30(12-17(2)31-16)13-19-7-5-4-6-18(19)10-27-21(26-3)28-20-8-9-29(14-20)15-22(23,24)25;/h4-7,16-17,20H,8-15H2,1-3H3,(H2,26,27,28);1H. The maximum Gasteiger partial charge on any atom is 0.401 e. The van der Waals surface area contributed by atoms with Crippen molar-refractivity contribution in [2.75, 3.05) is 39.8 Å². The minimum Gasteiger partial charge on any atom is -0.373 e. The fourth-order valence-corrected chi connectivity index (χ4v) is 4.45. The van der Waals surface area contributed by atoms with Gasteiger partial charge >= 0.3 is 6.18 Å². The molecular weight excluding hydrogens is 534 g/mol. The van der Waals surface area contributed by atoms with E-state index < -0.39 is 12.7 Å². The Kier molecular flexibility index (Phi) is 10.5. The zero-order chi connectivity index (χ0) is 22.4. The quantitative estimate of drug-likeness (QED) is 0.313. The number of halogens is 4. The SMILES string of the molecule is CN=C(NCc1ccccc1CN1CC(C)OC(C)C1)NC1CCN(CC(F)(F)F)C1.I. The number of guanidine groups is 1. The molecule has 182 valence electrons. The smallest absolute Gasteiger partial charge is 0.373 e. The van der Waals surface area contributed by atoms with Crippen LogP contribution >= 0.6 is 24.0 Å². The Bertz CT molecular complexity index is 739. The van der Waals surface area contributed by atoms with E-state index in [1.807, 2.05) is 12.1 Å². The summed E-state index contributed by atoms with van der Waals surface area (Å²) in [4.78, 5) is 8.11. The summed E-state index contributed by atoms with van der Waals surface area (Å²) in [5.41, 5.74) is 2.44. The van der Waals surface area contributed by atoms with Crippen molar-refractivity contribution in [2.45, 2.75) is 57.8 Å². The highest BCUT2D eigenvalue weighted by Crippen LogP contribution is 2.20. The summed E-state index contributed by atoms with van der Waals surface area (Å²) in [6.45, 7) is 7.42. The number of aliphatic imine (C=N–C) groups is 1. The Labute approximate surface area is 206 Å². The molecule has 1 aromatic rings. The van der Waals surface area contributed by atoms with Crippen LogP contribution in [0.3, 0.4) is 0 Å². The monoisotopic (exact) mass is 569 g/mol. The summed E-state index contributed by atoms with van der Waals surface area (Å²) in [5, 5.41) is 6.59. The van der Waals surface area contributed by atoms with Crippen LogP contribution in [0.4, 0.5) is 13.2 Å². The number of hydrogen-bond acceptors (Lipinski definition) is 4. The Morgan fingerprint density at radius 2 is 1.75 bits per heavy atom. The summed E-state index contributed by atoms with van der Waals surface area (Å²) in [6.07, 6.45) is -3.05. The van der Waals surface area contributed by atoms with E-state index in [-0.39, 0.29) is 42.2 Å². The first-order valence-corrected chi connectivity index (χ1v) is 10.9. The van der Waals surface area contributed by atoms with E-state index in [9.17, 15) is 13.2 Å². The zero-order valence-electron chi connectivity index (χ0n) is 19.0. The van der Waals surface area contributed by atoms with Crippen LogP contribution in [-0.2, 0) is 17.8 Å². The molecular formula is C22H35F3IN5O. The molecule has 2 heterocycles. The number of nitrogens with one attached hydrogen (secondary N) is 2. The van der Waals surface area contributed by atoms with E-state index in [4.69, 9.17) is 4.74 Å². The first kappa shape index (κ1) is 27.1. The highest BCUT2D eigenvalue weighted by atomic mass is 127. The average molecular weight is 569 g/mol. The predicted octanol–water partition coefficient (Wildman–Crippen LogP) is 3.22. The average Bonchev–Trinajstić information content (AvgIpc) is 3.10. The second-order valence-electron chi connectivity index (χ2n) is 8.63. The normalized spacial score (nSPS) is 25.4. The predicted molar refractivity (Wildman–Crippen MR) is 131 cm³/mol. The lowest BCUT2D eigenvalue weighted by Crippen LogP contribution is -2.45. The largest absolute Gasteiger partial charge is 0.401 e. The van der Waals surface area contributed by atoms with Gasteiger partial charge in [0.15, 0.2) is 5.96 Å². The topological polar surface area (TPSA) is 52.1 Å². The molecule has 0 aliphatic carbocycles. The van der Waals surface area contributed by atoms with Crippen LogP contribution in [0.15, 0.2) is 29.3 Å². The van der Waals surface area contributed by atoms with Gasteiger partial charge in [0.1, 0.15) is 0 Å². The number of ether oxygens (including phenoxy) is 1. The van der Waals surface area contributed by atoms with Gasteiger partial charge in [0, 0.05) is 52.4 Å². The number of hydrogen-bond donors (Lipinski definition) is 2. The second-order valence-corrected chi connectivity index (χ2v) is 8.63. The van der Waals surface area contributed by atoms with Crippen LogP contribution in [-0.4, -0.2) is 80.0 Å². The number of morpholine rings is 1. The summed E-state index contributed by atoms with van der Waals surface area (Å²) < 4.78 is 43.7. The van der Waals surface area contributed by atoms with Gasteiger partial charge in [0.2, 0.25) is 0 Å². The molecule has 0 aromatic heterocycles. The molecule has 0 bridgehead atoms. The van der Waals surface area contributed by atoms with Crippen LogP contribution in [0, 0.1) is 0 Å². The Morgan fingerprint density at radius 1 is 1.09 bits per heavy atom. The van der Waals surface area contributed by atoms with Crippen molar-refractivity contribution in [1.29, 1.82) is 0 Å². The molecule has 2 aliphatic rings. The van der Waals surface area contributed by atoms with Gasteiger partial charge in [-0.1, -0.05) is 24.3 Å². The molecule has 3 atom stereocenters. The molecule has 10 heteroatoms. The van der Waals surface area contributed by atoms with E-state index in [2.05, 4.69) is 46.5 Å². The van der Waals surface area contributed by atoms with Gasteiger partial charge < -0.3 is 15.4 Å². The first-order valence-electron chi connectivity index (χ1n) is 10.9. The molecule has 2 fully saturated rings. The fourth-order valence-electron chi connectivity index (χ4n) is 4.45. The molecule has 0 radical (unpaired) electrons. The van der Waals surface area contributed by atoms with E-state index >= 15 is 0 Å². The lowest BCUT2D eigenvalue weighted by molar-refractivity contribution is -0.143. The lowest BCUT2D eigenvalue weighted by Gasteiger charge is -2.35. The maximum absolute atomic E-state index is 12.6. The number of benzene rings is 1. The van der Waals surface area contributed by atoms with Crippen LogP contribution < -0.4 is 10.6 Å². The van der Waals surface area contributed by atoms with E-state index in [0.29, 0.717) is 32.0 Å². The maximum atomic E-state index is 12.6. The minimum absolute atomic E-state index is 0. The Balaban J connectivity index is 0.00000363. The van der Waals surface area contributed by atoms with Gasteiger partial charge in [0.25, 0.3) is 0 Å². The third-order valence-corrected chi connectivity index (χ3v) is 5.69. The molecule has 2 N–H and O–H groups in total. The molecule has 2 saturated heterocycles. The van der Waals surface area contributed by atoms with Crippen molar-refractivity contribution in [3.05, 3.63) is 35.4 Å². The minimum atomic E-state index is -4.16. The molecule has 0 amide bonds. The van der Waals surface area contributed by atoms with Crippen molar-refractivity contribution in [2.24, 2.45) is 4.99 Å². The van der Waals surface area contributed by atoms with Gasteiger partial charge in [-0.3, -0.25) is 14.8 Å².